The summed E-state index contributed by atoms with van der Waals surface area (Å²) in [4.78, 5) is 26.7. The first-order chi connectivity index (χ1) is 53.3. The molecule has 0 saturated carbocycles. The highest BCUT2D eigenvalue weighted by Gasteiger charge is 2.53. The first kappa shape index (κ1) is 64.8. The second-order valence-electron chi connectivity index (χ2n) is 32.2. The summed E-state index contributed by atoms with van der Waals surface area (Å²) >= 11 is 0. The molecule has 7 aliphatic carbocycles. The maximum Gasteiger partial charge on any atom is 0.164 e. The minimum absolute atomic E-state index is 0.0149. The molecule has 109 heavy (non-hydrogen) atoms. The van der Waals surface area contributed by atoms with Gasteiger partial charge in [-0.05, 0) is 194 Å². The lowest BCUT2D eigenvalue weighted by molar-refractivity contribution is 0.634. The minimum Gasteiger partial charge on any atom is -0.232 e. The molecule has 0 bridgehead atoms. The van der Waals surface area contributed by atoms with Gasteiger partial charge in [0.1, 0.15) is 5.82 Å². The van der Waals surface area contributed by atoms with E-state index in [-0.39, 0.29) is 28.6 Å². The second-order valence-corrected chi connectivity index (χ2v) is 32.2. The molecule has 2 aromatic heterocycles. The molecule has 5 unspecified atom stereocenters. The second kappa shape index (κ2) is 24.7. The molecule has 5 nitrogen and oxygen atoms in total. The van der Waals surface area contributed by atoms with E-state index in [0.717, 1.165) is 63.4 Å². The molecule has 0 aliphatic heterocycles. The molecule has 12 aromatic carbocycles. The van der Waals surface area contributed by atoms with Crippen LogP contribution in [0.1, 0.15) is 145 Å². The van der Waals surface area contributed by atoms with E-state index in [1.165, 1.54) is 134 Å². The average molecular weight is 1400 g/mol. The molecule has 5 heteroatoms. The molecule has 1 spiro atoms. The molecule has 2 heterocycles. The van der Waals surface area contributed by atoms with Crippen LogP contribution in [0.3, 0.4) is 0 Å². The van der Waals surface area contributed by atoms with Gasteiger partial charge in [0.05, 0.1) is 16.8 Å². The zero-order valence-corrected chi connectivity index (χ0v) is 62.1. The Balaban J connectivity index is 0.603. The molecule has 0 N–H and O–H groups in total. The van der Waals surface area contributed by atoms with Crippen LogP contribution in [0.25, 0.3) is 129 Å². The Morgan fingerprint density at radius 3 is 1.47 bits per heavy atom. The van der Waals surface area contributed by atoms with Crippen LogP contribution < -0.4 is 0 Å². The van der Waals surface area contributed by atoms with Gasteiger partial charge < -0.3 is 0 Å². The zero-order chi connectivity index (χ0) is 73.0. The summed E-state index contributed by atoms with van der Waals surface area (Å²) in [6.07, 6.45) is 18.2. The summed E-state index contributed by atoms with van der Waals surface area (Å²) in [5.74, 6) is 3.66. The average Bonchev–Trinajstić information content (AvgIpc) is 1.50. The van der Waals surface area contributed by atoms with Crippen LogP contribution in [0.4, 0.5) is 0 Å². The van der Waals surface area contributed by atoms with Crippen molar-refractivity contribution in [2.45, 2.75) is 88.4 Å². The lowest BCUT2D eigenvalue weighted by atomic mass is 9.68. The largest absolute Gasteiger partial charge is 0.232 e. The molecule has 0 amide bonds. The van der Waals surface area contributed by atoms with E-state index in [2.05, 4.69) is 345 Å². The topological polar surface area (TPSA) is 64.5 Å². The Morgan fingerprint density at radius 2 is 0.798 bits per heavy atom. The van der Waals surface area contributed by atoms with Gasteiger partial charge in [0.2, 0.25) is 0 Å². The third-order valence-corrected chi connectivity index (χ3v) is 25.3. The van der Waals surface area contributed by atoms with Crippen molar-refractivity contribution in [1.29, 1.82) is 0 Å². The van der Waals surface area contributed by atoms with Gasteiger partial charge in [0, 0.05) is 50.5 Å². The number of nitrogens with zero attached hydrogens (tertiary/aromatic N) is 5. The number of hydrogen-bond donors (Lipinski definition) is 0. The molecule has 14 aromatic rings. The number of allylic oxidation sites excluding steroid dienone is 9. The maximum atomic E-state index is 5.66. The first-order valence-corrected chi connectivity index (χ1v) is 38.8. The van der Waals surface area contributed by atoms with Crippen molar-refractivity contribution >= 4 is 17.2 Å². The number of aromatic nitrogens is 5. The third kappa shape index (κ3) is 10.2. The van der Waals surface area contributed by atoms with Crippen molar-refractivity contribution in [2.75, 3.05) is 0 Å². The Bertz CT molecular complexity index is 6320. The lowest BCUT2D eigenvalue weighted by Gasteiger charge is -2.33. The van der Waals surface area contributed by atoms with E-state index < -0.39 is 5.41 Å². The van der Waals surface area contributed by atoms with E-state index in [4.69, 9.17) is 24.9 Å². The Morgan fingerprint density at radius 1 is 0.330 bits per heavy atom. The van der Waals surface area contributed by atoms with Crippen molar-refractivity contribution in [3.05, 3.63) is 394 Å². The molecule has 520 valence electrons. The predicted octanol–water partition coefficient (Wildman–Crippen LogP) is 25.7. The van der Waals surface area contributed by atoms with Crippen molar-refractivity contribution < 1.29 is 0 Å². The van der Waals surface area contributed by atoms with Gasteiger partial charge in [-0.3, -0.25) is 0 Å². The zero-order valence-electron chi connectivity index (χ0n) is 62.1. The smallest absolute Gasteiger partial charge is 0.164 e. The van der Waals surface area contributed by atoms with Crippen molar-refractivity contribution in [1.82, 2.24) is 24.9 Å². The number of fused-ring (bicyclic) bond motifs is 16. The third-order valence-electron chi connectivity index (χ3n) is 25.3. The Labute approximate surface area is 638 Å². The lowest BCUT2D eigenvalue weighted by Crippen LogP contribution is -2.27. The number of hydrogen-bond acceptors (Lipinski definition) is 5. The summed E-state index contributed by atoms with van der Waals surface area (Å²) in [6.45, 7) is 14.2. The number of rotatable bonds is 10. The van der Waals surface area contributed by atoms with Gasteiger partial charge in [-0.1, -0.05) is 333 Å². The summed E-state index contributed by atoms with van der Waals surface area (Å²) < 4.78 is 0. The molecule has 0 radical (unpaired) electrons. The summed E-state index contributed by atoms with van der Waals surface area (Å²) in [5.41, 5.74) is 38.5. The minimum atomic E-state index is -0.568. The Kier molecular flexibility index (Phi) is 14.7. The van der Waals surface area contributed by atoms with Crippen LogP contribution in [0, 0.1) is 5.92 Å². The van der Waals surface area contributed by atoms with E-state index in [1.807, 2.05) is 18.2 Å². The molecular formula is C104H79N5. The summed E-state index contributed by atoms with van der Waals surface area (Å²) in [7, 11) is 0. The quantitative estimate of drug-likeness (QED) is 0.137. The fraction of sp³-hybridized carbons (Fsp3) is 0.144. The van der Waals surface area contributed by atoms with Gasteiger partial charge in [-0.15, -0.1) is 0 Å². The highest BCUT2D eigenvalue weighted by Crippen LogP contribution is 2.65. The molecule has 7 aliphatic rings. The van der Waals surface area contributed by atoms with Crippen molar-refractivity contribution in [3.8, 4) is 112 Å². The van der Waals surface area contributed by atoms with Crippen LogP contribution in [0.15, 0.2) is 321 Å². The van der Waals surface area contributed by atoms with Gasteiger partial charge in [0.25, 0.3) is 0 Å². The van der Waals surface area contributed by atoms with Crippen LogP contribution in [-0.2, 0) is 16.2 Å². The Hall–Kier alpha value is -12.6. The molecule has 21 rings (SSSR count). The van der Waals surface area contributed by atoms with E-state index >= 15 is 0 Å². The standard InChI is InChI=1S/C104H79N5/c1-62-29-54-90-87(55-62)81-26-16-18-28-89(81)104(90)94-59-76(46-52-85(94)86-53-47-77(60-95(86)104)97-61-96(69-36-30-65(31-37-69)64-19-9-7-10-20-64)105-101(106-97)79-48-42-68-21-13-14-24-78(68)63(79)2)75-45-51-84-83-50-44-74(57-92(83)103(5,6)93(84)58-75)67-34-40-72(41-35-67)100-108-98(70-22-11-8-12-23-70)107-99(109-100)71-38-32-66(33-39-71)73-43-49-82-80-25-15-17-27-88(80)102(3,4)91(82)56-73/h7-32,34-54,56-63,66,79H,33,55H2,1-6H3. The van der Waals surface area contributed by atoms with Gasteiger partial charge in [-0.25, -0.2) is 24.9 Å². The summed E-state index contributed by atoms with van der Waals surface area (Å²) in [5, 5.41) is 0. The maximum absolute atomic E-state index is 5.66. The van der Waals surface area contributed by atoms with E-state index in [9.17, 15) is 0 Å². The van der Waals surface area contributed by atoms with Crippen molar-refractivity contribution in [2.24, 2.45) is 5.92 Å². The van der Waals surface area contributed by atoms with Crippen LogP contribution in [0.5, 0.6) is 0 Å². The predicted molar refractivity (Wildman–Crippen MR) is 448 cm³/mol. The van der Waals surface area contributed by atoms with E-state index in [1.54, 1.807) is 0 Å². The molecule has 5 atom stereocenters. The van der Waals surface area contributed by atoms with Gasteiger partial charge in [0.15, 0.2) is 17.5 Å². The fourth-order valence-corrected chi connectivity index (χ4v) is 19.5. The van der Waals surface area contributed by atoms with Crippen LogP contribution in [-0.4, -0.2) is 24.9 Å². The SMILES string of the molecule is CC1C=CC2=C(C1)c1ccccc1C21c2cc(-c3ccc4c(c3)C(C)(C)c3cc(-c5ccc(-c6nc(C7=CCC(c8ccc9c(c8)C(C)(C)c8ccccc8-9)C=C7)nc(-c7ccccc7)n6)cc5)ccc3-4)ccc2-c2ccc(-c3cc(-c4ccc(-c5ccccc5)cc4)nc(C4C=Cc5ccccc5C4C)n3)cc21. The monoisotopic (exact) mass is 1400 g/mol. The normalized spacial score (nSPS) is 19.3. The molecular weight excluding hydrogens is 1320 g/mol. The first-order valence-electron chi connectivity index (χ1n) is 38.8. The highest BCUT2D eigenvalue weighted by atomic mass is 15.0. The number of benzene rings is 12. The fourth-order valence-electron chi connectivity index (χ4n) is 19.5. The molecule has 0 fully saturated rings. The summed E-state index contributed by atoms with van der Waals surface area (Å²) in [6, 6.07) is 104. The molecule has 0 saturated heterocycles. The van der Waals surface area contributed by atoms with Crippen molar-refractivity contribution in [3.63, 3.8) is 0 Å². The van der Waals surface area contributed by atoms with Crippen LogP contribution >= 0.6 is 0 Å². The van der Waals surface area contributed by atoms with Crippen LogP contribution in [0.2, 0.25) is 0 Å². The highest BCUT2D eigenvalue weighted by molar-refractivity contribution is 5.99. The van der Waals surface area contributed by atoms with Gasteiger partial charge >= 0.3 is 0 Å². The van der Waals surface area contributed by atoms with E-state index in [0.29, 0.717) is 23.4 Å². The van der Waals surface area contributed by atoms with Gasteiger partial charge in [-0.2, -0.15) is 0 Å².